The van der Waals surface area contributed by atoms with Gasteiger partial charge >= 0.3 is 5.97 Å². The maximum Gasteiger partial charge on any atom is 0.306 e. The zero-order valence-corrected chi connectivity index (χ0v) is 11.2. The van der Waals surface area contributed by atoms with Gasteiger partial charge in [-0.25, -0.2) is 4.98 Å². The quantitative estimate of drug-likeness (QED) is 0.761. The highest BCUT2D eigenvalue weighted by Crippen LogP contribution is 2.19. The van der Waals surface area contributed by atoms with E-state index in [1.54, 1.807) is 11.3 Å². The van der Waals surface area contributed by atoms with Crippen LogP contribution in [0.3, 0.4) is 0 Å². The zero-order chi connectivity index (χ0) is 12.2. The summed E-state index contributed by atoms with van der Waals surface area (Å²) in [5.41, 5.74) is 2.86. The number of carbonyl (C=O) groups is 1. The molecule has 0 aliphatic rings. The fraction of sp³-hybridized carbons (Fsp3) is 0.667. The van der Waals surface area contributed by atoms with Gasteiger partial charge in [0, 0.05) is 11.3 Å². The molecule has 0 saturated carbocycles. The van der Waals surface area contributed by atoms with Crippen LogP contribution in [-0.2, 0) is 16.0 Å². The van der Waals surface area contributed by atoms with E-state index in [1.807, 2.05) is 33.2 Å². The Hall–Kier alpha value is -0.900. The summed E-state index contributed by atoms with van der Waals surface area (Å²) < 4.78 is 5.19. The lowest BCUT2D eigenvalue weighted by atomic mass is 9.92. The molecule has 0 amide bonds. The number of nitrogens with zero attached hydrogens (tertiary/aromatic N) is 1. The van der Waals surface area contributed by atoms with Gasteiger partial charge in [-0.1, -0.05) is 20.8 Å². The van der Waals surface area contributed by atoms with Gasteiger partial charge in [-0.3, -0.25) is 4.79 Å². The molecule has 0 saturated heterocycles. The van der Waals surface area contributed by atoms with E-state index in [4.69, 9.17) is 4.74 Å². The molecule has 0 unspecified atom stereocenters. The van der Waals surface area contributed by atoms with Crippen LogP contribution in [0.25, 0.3) is 0 Å². The number of ether oxygens (including phenoxy) is 1. The third-order valence-corrected chi connectivity index (χ3v) is 3.11. The van der Waals surface area contributed by atoms with E-state index in [9.17, 15) is 4.79 Å². The van der Waals surface area contributed by atoms with E-state index in [-0.39, 0.29) is 11.4 Å². The second-order valence-corrected chi connectivity index (χ2v) is 6.01. The number of aryl methyl sites for hydroxylation is 1. The second kappa shape index (κ2) is 5.43. The summed E-state index contributed by atoms with van der Waals surface area (Å²) in [6.07, 6.45) is 1.24. The predicted octanol–water partition coefficient (Wildman–Crippen LogP) is 2.97. The van der Waals surface area contributed by atoms with Crippen molar-refractivity contribution in [3.63, 3.8) is 0 Å². The van der Waals surface area contributed by atoms with Crippen molar-refractivity contribution in [2.45, 2.75) is 40.5 Å². The van der Waals surface area contributed by atoms with E-state index in [0.29, 0.717) is 13.0 Å². The highest BCUT2D eigenvalue weighted by Gasteiger charge is 2.16. The number of carbonyl (C=O) groups excluding carboxylic acids is 1. The summed E-state index contributed by atoms with van der Waals surface area (Å²) in [4.78, 5) is 16.8. The van der Waals surface area contributed by atoms with Gasteiger partial charge in [-0.15, -0.1) is 11.3 Å². The SMILES string of the molecule is Cc1ncsc1CCOC(=O)CC(C)(C)C. The highest BCUT2D eigenvalue weighted by molar-refractivity contribution is 7.09. The molecule has 16 heavy (non-hydrogen) atoms. The van der Waals surface area contributed by atoms with Gasteiger partial charge in [0.05, 0.1) is 24.2 Å². The monoisotopic (exact) mass is 241 g/mol. The maximum absolute atomic E-state index is 11.4. The minimum Gasteiger partial charge on any atom is -0.465 e. The van der Waals surface area contributed by atoms with Crippen molar-refractivity contribution in [3.8, 4) is 0 Å². The Labute approximate surface area is 101 Å². The molecular weight excluding hydrogens is 222 g/mol. The van der Waals surface area contributed by atoms with Gasteiger partial charge in [0.15, 0.2) is 0 Å². The molecule has 0 fully saturated rings. The molecule has 0 aliphatic carbocycles. The van der Waals surface area contributed by atoms with Gasteiger partial charge in [0.1, 0.15) is 0 Å². The van der Waals surface area contributed by atoms with E-state index in [0.717, 1.165) is 12.1 Å². The lowest BCUT2D eigenvalue weighted by Crippen LogP contribution is -2.16. The predicted molar refractivity (Wildman–Crippen MR) is 65.6 cm³/mol. The maximum atomic E-state index is 11.4. The fourth-order valence-corrected chi connectivity index (χ4v) is 2.07. The van der Waals surface area contributed by atoms with Gasteiger partial charge in [0.25, 0.3) is 0 Å². The molecule has 0 radical (unpaired) electrons. The van der Waals surface area contributed by atoms with Gasteiger partial charge in [-0.05, 0) is 12.3 Å². The van der Waals surface area contributed by atoms with Crippen LogP contribution >= 0.6 is 11.3 Å². The summed E-state index contributed by atoms with van der Waals surface area (Å²) in [7, 11) is 0. The number of thiazole rings is 1. The van der Waals surface area contributed by atoms with Gasteiger partial charge in [0.2, 0.25) is 0 Å². The molecule has 0 bridgehead atoms. The Balaban J connectivity index is 2.26. The van der Waals surface area contributed by atoms with Crippen LogP contribution in [0.1, 0.15) is 37.8 Å². The summed E-state index contributed by atoms with van der Waals surface area (Å²) in [5, 5.41) is 0. The average molecular weight is 241 g/mol. The first-order valence-electron chi connectivity index (χ1n) is 5.43. The molecule has 0 aliphatic heterocycles. The topological polar surface area (TPSA) is 39.2 Å². The Kier molecular flexibility index (Phi) is 4.47. The minimum atomic E-state index is -0.116. The number of hydrogen-bond donors (Lipinski definition) is 0. The first kappa shape index (κ1) is 13.2. The lowest BCUT2D eigenvalue weighted by molar-refractivity contribution is -0.145. The molecule has 1 aromatic rings. The van der Waals surface area contributed by atoms with E-state index >= 15 is 0 Å². The third-order valence-electron chi connectivity index (χ3n) is 2.11. The molecule has 0 N–H and O–H groups in total. The number of aromatic nitrogens is 1. The lowest BCUT2D eigenvalue weighted by Gasteiger charge is -2.16. The van der Waals surface area contributed by atoms with Crippen molar-refractivity contribution in [1.82, 2.24) is 4.98 Å². The summed E-state index contributed by atoms with van der Waals surface area (Å²) in [6.45, 7) is 8.52. The first-order chi connectivity index (χ1) is 7.38. The Morgan fingerprint density at radius 3 is 2.69 bits per heavy atom. The third kappa shape index (κ3) is 4.75. The number of esters is 1. The standard InChI is InChI=1S/C12H19NO2S/c1-9-10(16-8-13-9)5-6-15-11(14)7-12(2,3)4/h8H,5-7H2,1-4H3. The van der Waals surface area contributed by atoms with Crippen molar-refractivity contribution in [2.24, 2.45) is 5.41 Å². The molecule has 0 spiro atoms. The fourth-order valence-electron chi connectivity index (χ4n) is 1.31. The summed E-state index contributed by atoms with van der Waals surface area (Å²) in [5.74, 6) is -0.116. The average Bonchev–Trinajstić information content (AvgIpc) is 2.48. The Bertz CT molecular complexity index is 352. The van der Waals surface area contributed by atoms with E-state index in [2.05, 4.69) is 4.98 Å². The van der Waals surface area contributed by atoms with Gasteiger partial charge < -0.3 is 4.74 Å². The number of hydrogen-bond acceptors (Lipinski definition) is 4. The van der Waals surface area contributed by atoms with Crippen LogP contribution in [0.15, 0.2) is 5.51 Å². The smallest absolute Gasteiger partial charge is 0.306 e. The normalized spacial score (nSPS) is 11.5. The van der Waals surface area contributed by atoms with Crippen LogP contribution in [0.4, 0.5) is 0 Å². The van der Waals surface area contributed by atoms with Crippen molar-refractivity contribution >= 4 is 17.3 Å². The molecule has 90 valence electrons. The first-order valence-corrected chi connectivity index (χ1v) is 6.31. The van der Waals surface area contributed by atoms with Crippen molar-refractivity contribution in [1.29, 1.82) is 0 Å². The molecule has 3 nitrogen and oxygen atoms in total. The largest absolute Gasteiger partial charge is 0.465 e. The second-order valence-electron chi connectivity index (χ2n) is 5.07. The van der Waals surface area contributed by atoms with Crippen LogP contribution in [-0.4, -0.2) is 17.6 Å². The Morgan fingerprint density at radius 1 is 1.50 bits per heavy atom. The van der Waals surface area contributed by atoms with E-state index in [1.165, 1.54) is 4.88 Å². The molecule has 0 aromatic carbocycles. The molecule has 1 rings (SSSR count). The molecule has 1 aromatic heterocycles. The molecule has 1 heterocycles. The van der Waals surface area contributed by atoms with Crippen LogP contribution in [0.5, 0.6) is 0 Å². The van der Waals surface area contributed by atoms with Crippen molar-refractivity contribution in [2.75, 3.05) is 6.61 Å². The van der Waals surface area contributed by atoms with Crippen LogP contribution in [0.2, 0.25) is 0 Å². The number of rotatable bonds is 4. The molecule has 4 heteroatoms. The summed E-state index contributed by atoms with van der Waals surface area (Å²) >= 11 is 1.61. The Morgan fingerprint density at radius 2 is 2.19 bits per heavy atom. The molecular formula is C12H19NO2S. The minimum absolute atomic E-state index is 0.00249. The highest BCUT2D eigenvalue weighted by atomic mass is 32.1. The van der Waals surface area contributed by atoms with Crippen LogP contribution in [0, 0.1) is 12.3 Å². The van der Waals surface area contributed by atoms with Crippen molar-refractivity contribution in [3.05, 3.63) is 16.1 Å². The van der Waals surface area contributed by atoms with Gasteiger partial charge in [-0.2, -0.15) is 0 Å². The van der Waals surface area contributed by atoms with Crippen molar-refractivity contribution < 1.29 is 9.53 Å². The zero-order valence-electron chi connectivity index (χ0n) is 10.4. The van der Waals surface area contributed by atoms with Crippen LogP contribution < -0.4 is 0 Å². The van der Waals surface area contributed by atoms with E-state index < -0.39 is 0 Å². The molecule has 0 atom stereocenters. The summed E-state index contributed by atoms with van der Waals surface area (Å²) in [6, 6.07) is 0.